The number of aliphatic hydroxyl groups is 1. The van der Waals surface area contributed by atoms with Gasteiger partial charge in [0.25, 0.3) is 0 Å². The van der Waals surface area contributed by atoms with Crippen molar-refractivity contribution in [3.63, 3.8) is 0 Å². The highest BCUT2D eigenvalue weighted by molar-refractivity contribution is 5.93. The minimum atomic E-state index is -0.249. The molecule has 1 N–H and O–H groups in total. The number of likely N-dealkylation sites (tertiary alicyclic amines) is 1. The topological polar surface area (TPSA) is 40.5 Å². The molecule has 1 amide bonds. The van der Waals surface area contributed by atoms with Gasteiger partial charge in [-0.05, 0) is 18.4 Å². The summed E-state index contributed by atoms with van der Waals surface area (Å²) in [6.07, 6.45) is 1.69. The van der Waals surface area contributed by atoms with E-state index in [9.17, 15) is 9.90 Å². The van der Waals surface area contributed by atoms with Crippen LogP contribution in [-0.2, 0) is 4.79 Å². The predicted octanol–water partition coefficient (Wildman–Crippen LogP) is 1.90. The van der Waals surface area contributed by atoms with Gasteiger partial charge in [0.05, 0.1) is 12.6 Å². The van der Waals surface area contributed by atoms with Gasteiger partial charge in [0.1, 0.15) is 0 Å². The Morgan fingerprint density at radius 1 is 1.35 bits per heavy atom. The summed E-state index contributed by atoms with van der Waals surface area (Å²) in [5.41, 5.74) is 1.61. The lowest BCUT2D eigenvalue weighted by atomic mass is 9.99. The molecule has 1 saturated heterocycles. The van der Waals surface area contributed by atoms with E-state index in [1.165, 1.54) is 0 Å². The van der Waals surface area contributed by atoms with E-state index < -0.39 is 0 Å². The van der Waals surface area contributed by atoms with Crippen molar-refractivity contribution in [3.05, 3.63) is 48.0 Å². The number of benzene rings is 1. The third-order valence-corrected chi connectivity index (χ3v) is 3.17. The van der Waals surface area contributed by atoms with Crippen LogP contribution in [0.1, 0.15) is 24.4 Å². The number of rotatable bonds is 3. The summed E-state index contributed by atoms with van der Waals surface area (Å²) in [5, 5.41) is 9.51. The number of piperidine rings is 1. The molecule has 0 spiro atoms. The molecular weight excluding hydrogens is 214 g/mol. The van der Waals surface area contributed by atoms with Crippen LogP contribution in [-0.4, -0.2) is 29.1 Å². The van der Waals surface area contributed by atoms with Crippen LogP contribution < -0.4 is 0 Å². The molecule has 1 aromatic carbocycles. The number of hydrogen-bond donors (Lipinski definition) is 1. The molecule has 1 heterocycles. The number of nitrogens with zero attached hydrogens (tertiary/aromatic N) is 1. The number of hydrogen-bond acceptors (Lipinski definition) is 2. The highest BCUT2D eigenvalue weighted by Gasteiger charge is 2.28. The molecule has 1 aliphatic heterocycles. The lowest BCUT2D eigenvalue weighted by Crippen LogP contribution is -2.41. The molecule has 0 aromatic heterocycles. The van der Waals surface area contributed by atoms with Gasteiger partial charge in [-0.15, -0.1) is 0 Å². The van der Waals surface area contributed by atoms with Crippen molar-refractivity contribution < 1.29 is 9.90 Å². The number of carbonyl (C=O) groups excluding carboxylic acids is 1. The highest BCUT2D eigenvalue weighted by Crippen LogP contribution is 2.26. The molecular formula is C14H17NO2. The molecule has 2 rings (SSSR count). The highest BCUT2D eigenvalue weighted by atomic mass is 16.3. The Kier molecular flexibility index (Phi) is 3.59. The summed E-state index contributed by atoms with van der Waals surface area (Å²) in [4.78, 5) is 13.7. The summed E-state index contributed by atoms with van der Waals surface area (Å²) in [6, 6.07) is 9.38. The number of amides is 1. The largest absolute Gasteiger partial charge is 0.394 e. The number of carbonyl (C=O) groups is 1. The van der Waals surface area contributed by atoms with Gasteiger partial charge in [0.15, 0.2) is 0 Å². The third-order valence-electron chi connectivity index (χ3n) is 3.17. The van der Waals surface area contributed by atoms with Crippen molar-refractivity contribution in [2.45, 2.75) is 18.9 Å². The van der Waals surface area contributed by atoms with Crippen LogP contribution in [0.15, 0.2) is 42.5 Å². The first kappa shape index (κ1) is 11.9. The van der Waals surface area contributed by atoms with Crippen LogP contribution in [0.5, 0.6) is 0 Å². The van der Waals surface area contributed by atoms with Crippen LogP contribution >= 0.6 is 0 Å². The second-order valence-corrected chi connectivity index (χ2v) is 4.31. The Morgan fingerprint density at radius 2 is 2.06 bits per heavy atom. The maximum atomic E-state index is 12.0. The summed E-state index contributed by atoms with van der Waals surface area (Å²) < 4.78 is 0. The molecule has 1 unspecified atom stereocenters. The van der Waals surface area contributed by atoms with Crippen LogP contribution in [0.3, 0.4) is 0 Å². The van der Waals surface area contributed by atoms with Gasteiger partial charge in [-0.2, -0.15) is 0 Å². The second kappa shape index (κ2) is 5.15. The van der Waals surface area contributed by atoms with E-state index in [2.05, 4.69) is 6.58 Å². The smallest absolute Gasteiger partial charge is 0.249 e. The molecule has 3 nitrogen and oxygen atoms in total. The summed E-state index contributed by atoms with van der Waals surface area (Å²) in [5.74, 6) is -0.0286. The molecule has 17 heavy (non-hydrogen) atoms. The zero-order valence-corrected chi connectivity index (χ0v) is 9.80. The van der Waals surface area contributed by atoms with Crippen molar-refractivity contribution in [1.82, 2.24) is 4.90 Å². The maximum Gasteiger partial charge on any atom is 0.249 e. The SMILES string of the molecule is C=C1CCCN(C(CO)c2ccccc2)C1=O. The lowest BCUT2D eigenvalue weighted by Gasteiger charge is -2.34. The van der Waals surface area contributed by atoms with E-state index in [4.69, 9.17) is 0 Å². The standard InChI is InChI=1S/C14H17NO2/c1-11-6-5-9-15(14(11)17)13(10-16)12-7-3-2-4-8-12/h2-4,7-8,13,16H,1,5-6,9-10H2. The van der Waals surface area contributed by atoms with Gasteiger partial charge in [0.2, 0.25) is 5.91 Å². The quantitative estimate of drug-likeness (QED) is 0.807. The summed E-state index contributed by atoms with van der Waals surface area (Å²) >= 11 is 0. The molecule has 1 aliphatic rings. The molecule has 90 valence electrons. The molecule has 0 bridgehead atoms. The number of aliphatic hydroxyl groups excluding tert-OH is 1. The summed E-state index contributed by atoms with van der Waals surface area (Å²) in [7, 11) is 0. The van der Waals surface area contributed by atoms with Gasteiger partial charge in [-0.25, -0.2) is 0 Å². The Balaban J connectivity index is 2.24. The fourth-order valence-electron chi connectivity index (χ4n) is 2.23. The van der Waals surface area contributed by atoms with Crippen LogP contribution in [0.2, 0.25) is 0 Å². The van der Waals surface area contributed by atoms with Crippen LogP contribution in [0, 0.1) is 0 Å². The second-order valence-electron chi connectivity index (χ2n) is 4.31. The monoisotopic (exact) mass is 231 g/mol. The Morgan fingerprint density at radius 3 is 2.71 bits per heavy atom. The zero-order chi connectivity index (χ0) is 12.3. The van der Waals surface area contributed by atoms with Gasteiger partial charge >= 0.3 is 0 Å². The lowest BCUT2D eigenvalue weighted by molar-refractivity contribution is -0.132. The average Bonchev–Trinajstić information content (AvgIpc) is 2.37. The van der Waals surface area contributed by atoms with Crippen molar-refractivity contribution in [3.8, 4) is 0 Å². The Hall–Kier alpha value is -1.61. The van der Waals surface area contributed by atoms with E-state index in [0.717, 1.165) is 18.4 Å². The average molecular weight is 231 g/mol. The zero-order valence-electron chi connectivity index (χ0n) is 9.80. The van der Waals surface area contributed by atoms with Gasteiger partial charge in [0, 0.05) is 12.1 Å². The maximum absolute atomic E-state index is 12.0. The Labute approximate surface area is 101 Å². The molecule has 0 radical (unpaired) electrons. The molecule has 1 fully saturated rings. The first-order chi connectivity index (χ1) is 8.24. The molecule has 1 aromatic rings. The minimum absolute atomic E-state index is 0.0286. The van der Waals surface area contributed by atoms with E-state index in [0.29, 0.717) is 12.1 Å². The van der Waals surface area contributed by atoms with E-state index in [-0.39, 0.29) is 18.6 Å². The first-order valence-electron chi connectivity index (χ1n) is 5.88. The van der Waals surface area contributed by atoms with Crippen molar-refractivity contribution in [2.75, 3.05) is 13.2 Å². The van der Waals surface area contributed by atoms with Crippen LogP contribution in [0.4, 0.5) is 0 Å². The molecule has 0 saturated carbocycles. The van der Waals surface area contributed by atoms with E-state index >= 15 is 0 Å². The van der Waals surface area contributed by atoms with Crippen molar-refractivity contribution in [1.29, 1.82) is 0 Å². The first-order valence-corrected chi connectivity index (χ1v) is 5.88. The molecule has 1 atom stereocenters. The Bertz CT molecular complexity index is 413. The molecule has 0 aliphatic carbocycles. The van der Waals surface area contributed by atoms with Gasteiger partial charge in [-0.3, -0.25) is 4.79 Å². The van der Waals surface area contributed by atoms with Gasteiger partial charge < -0.3 is 10.0 Å². The van der Waals surface area contributed by atoms with E-state index in [1.54, 1.807) is 4.90 Å². The molecule has 3 heteroatoms. The van der Waals surface area contributed by atoms with E-state index in [1.807, 2.05) is 30.3 Å². The van der Waals surface area contributed by atoms with Crippen molar-refractivity contribution >= 4 is 5.91 Å². The predicted molar refractivity (Wildman–Crippen MR) is 66.4 cm³/mol. The fraction of sp³-hybridized carbons (Fsp3) is 0.357. The normalized spacial score (nSPS) is 18.3. The van der Waals surface area contributed by atoms with Crippen LogP contribution in [0.25, 0.3) is 0 Å². The fourth-order valence-corrected chi connectivity index (χ4v) is 2.23. The third kappa shape index (κ3) is 2.39. The van der Waals surface area contributed by atoms with Crippen molar-refractivity contribution in [2.24, 2.45) is 0 Å². The minimum Gasteiger partial charge on any atom is -0.394 e. The summed E-state index contributed by atoms with van der Waals surface area (Å²) in [6.45, 7) is 4.42. The van der Waals surface area contributed by atoms with Gasteiger partial charge in [-0.1, -0.05) is 36.9 Å².